The van der Waals surface area contributed by atoms with Gasteiger partial charge < -0.3 is 10.5 Å². The molecule has 3 atom stereocenters. The Morgan fingerprint density at radius 1 is 1.47 bits per heavy atom. The Hall–Kier alpha value is -0.870. The van der Waals surface area contributed by atoms with Gasteiger partial charge >= 0.3 is 0 Å². The van der Waals surface area contributed by atoms with E-state index in [0.717, 1.165) is 23.3 Å². The highest BCUT2D eigenvalue weighted by Crippen LogP contribution is 2.24. The lowest BCUT2D eigenvalue weighted by atomic mass is 10.2. The van der Waals surface area contributed by atoms with Gasteiger partial charge in [-0.2, -0.15) is 0 Å². The standard InChI is InChI=1S/C13H19NO2S/c1-9-3-6-12(14)13(7-9)17(15)8-11-5-4-10(2)16-11/h3,6-7,10-11H,4-5,8,14H2,1-2H3. The first kappa shape index (κ1) is 12.6. The SMILES string of the molecule is Cc1ccc(N)c(S(=O)CC2CCC(C)O2)c1. The summed E-state index contributed by atoms with van der Waals surface area (Å²) in [4.78, 5) is 0.744. The molecule has 0 aliphatic carbocycles. The lowest BCUT2D eigenvalue weighted by Gasteiger charge is -2.12. The van der Waals surface area contributed by atoms with Gasteiger partial charge in [0.1, 0.15) is 0 Å². The molecule has 1 aromatic rings. The number of anilines is 1. The van der Waals surface area contributed by atoms with Crippen molar-refractivity contribution in [2.75, 3.05) is 11.5 Å². The molecule has 17 heavy (non-hydrogen) atoms. The third-order valence-corrected chi connectivity index (χ3v) is 4.59. The molecular formula is C13H19NO2S. The molecule has 0 saturated carbocycles. The topological polar surface area (TPSA) is 52.3 Å². The van der Waals surface area contributed by atoms with E-state index >= 15 is 0 Å². The van der Waals surface area contributed by atoms with E-state index in [0.29, 0.717) is 17.5 Å². The van der Waals surface area contributed by atoms with Gasteiger partial charge in [-0.25, -0.2) is 0 Å². The van der Waals surface area contributed by atoms with Crippen LogP contribution in [-0.2, 0) is 15.5 Å². The van der Waals surface area contributed by atoms with Crippen LogP contribution in [0.3, 0.4) is 0 Å². The molecule has 2 rings (SSSR count). The highest BCUT2D eigenvalue weighted by atomic mass is 32.2. The first-order chi connectivity index (χ1) is 8.06. The summed E-state index contributed by atoms with van der Waals surface area (Å²) in [5.74, 6) is 0.554. The molecule has 0 aromatic heterocycles. The third kappa shape index (κ3) is 3.07. The van der Waals surface area contributed by atoms with E-state index in [4.69, 9.17) is 10.5 Å². The maximum absolute atomic E-state index is 12.2. The zero-order valence-corrected chi connectivity index (χ0v) is 11.1. The molecule has 0 radical (unpaired) electrons. The number of nitrogen functional groups attached to an aromatic ring is 1. The summed E-state index contributed by atoms with van der Waals surface area (Å²) in [6.45, 7) is 4.04. The minimum Gasteiger partial charge on any atom is -0.398 e. The van der Waals surface area contributed by atoms with Gasteiger partial charge in [0.15, 0.2) is 0 Å². The van der Waals surface area contributed by atoms with Crippen LogP contribution in [0, 0.1) is 6.92 Å². The minimum absolute atomic E-state index is 0.116. The molecule has 1 aliphatic heterocycles. The molecule has 1 fully saturated rings. The first-order valence-electron chi connectivity index (χ1n) is 5.96. The van der Waals surface area contributed by atoms with Gasteiger partial charge in [0.25, 0.3) is 0 Å². The smallest absolute Gasteiger partial charge is 0.0698 e. The Bertz CT molecular complexity index is 433. The maximum Gasteiger partial charge on any atom is 0.0698 e. The molecule has 1 saturated heterocycles. The second kappa shape index (κ2) is 5.19. The van der Waals surface area contributed by atoms with Crippen LogP contribution < -0.4 is 5.73 Å². The fraction of sp³-hybridized carbons (Fsp3) is 0.538. The van der Waals surface area contributed by atoms with Gasteiger partial charge in [0, 0.05) is 5.69 Å². The Kier molecular flexibility index (Phi) is 3.84. The van der Waals surface area contributed by atoms with Crippen LogP contribution in [0.15, 0.2) is 23.1 Å². The van der Waals surface area contributed by atoms with E-state index in [1.54, 1.807) is 0 Å². The van der Waals surface area contributed by atoms with Crippen molar-refractivity contribution in [3.63, 3.8) is 0 Å². The number of benzene rings is 1. The summed E-state index contributed by atoms with van der Waals surface area (Å²) in [7, 11) is -1.06. The molecule has 0 bridgehead atoms. The van der Waals surface area contributed by atoms with Crippen LogP contribution in [0.4, 0.5) is 5.69 Å². The molecule has 0 amide bonds. The summed E-state index contributed by atoms with van der Waals surface area (Å²) in [5.41, 5.74) is 7.56. The van der Waals surface area contributed by atoms with Crippen LogP contribution in [-0.4, -0.2) is 22.2 Å². The predicted molar refractivity (Wildman–Crippen MR) is 70.4 cm³/mol. The summed E-state index contributed by atoms with van der Waals surface area (Å²) >= 11 is 0. The van der Waals surface area contributed by atoms with E-state index in [1.807, 2.05) is 25.1 Å². The van der Waals surface area contributed by atoms with Gasteiger partial charge in [0.2, 0.25) is 0 Å². The second-order valence-electron chi connectivity index (χ2n) is 4.70. The summed E-state index contributed by atoms with van der Waals surface area (Å²) < 4.78 is 17.9. The predicted octanol–water partition coefficient (Wildman–Crippen LogP) is 2.25. The number of hydrogen-bond acceptors (Lipinski definition) is 3. The largest absolute Gasteiger partial charge is 0.398 e. The number of ether oxygens (including phenoxy) is 1. The van der Waals surface area contributed by atoms with Gasteiger partial charge in [-0.1, -0.05) is 6.07 Å². The Labute approximate surface area is 105 Å². The molecule has 2 N–H and O–H groups in total. The van der Waals surface area contributed by atoms with E-state index in [-0.39, 0.29) is 6.10 Å². The van der Waals surface area contributed by atoms with Crippen molar-refractivity contribution in [3.05, 3.63) is 23.8 Å². The summed E-state index contributed by atoms with van der Waals surface area (Å²) in [6.07, 6.45) is 2.47. The van der Waals surface area contributed by atoms with Gasteiger partial charge in [-0.05, 0) is 44.4 Å². The maximum atomic E-state index is 12.2. The lowest BCUT2D eigenvalue weighted by Crippen LogP contribution is -2.18. The highest BCUT2D eigenvalue weighted by molar-refractivity contribution is 7.85. The zero-order valence-electron chi connectivity index (χ0n) is 10.3. The Morgan fingerprint density at radius 3 is 2.88 bits per heavy atom. The minimum atomic E-state index is -1.06. The van der Waals surface area contributed by atoms with E-state index < -0.39 is 10.8 Å². The van der Waals surface area contributed by atoms with Crippen molar-refractivity contribution in [2.24, 2.45) is 0 Å². The van der Waals surface area contributed by atoms with Gasteiger partial charge in [-0.3, -0.25) is 4.21 Å². The third-order valence-electron chi connectivity index (χ3n) is 3.07. The number of hydrogen-bond donors (Lipinski definition) is 1. The van der Waals surface area contributed by atoms with Crippen LogP contribution in [0.5, 0.6) is 0 Å². The monoisotopic (exact) mass is 253 g/mol. The van der Waals surface area contributed by atoms with Crippen LogP contribution in [0.25, 0.3) is 0 Å². The fourth-order valence-corrected chi connectivity index (χ4v) is 3.52. The van der Waals surface area contributed by atoms with Crippen LogP contribution in [0.1, 0.15) is 25.3 Å². The van der Waals surface area contributed by atoms with Crippen molar-refractivity contribution < 1.29 is 8.95 Å². The summed E-state index contributed by atoms with van der Waals surface area (Å²) in [5, 5.41) is 0. The molecule has 1 aromatic carbocycles. The quantitative estimate of drug-likeness (QED) is 0.841. The second-order valence-corrected chi connectivity index (χ2v) is 6.16. The number of rotatable bonds is 3. The molecule has 94 valence electrons. The van der Waals surface area contributed by atoms with Crippen molar-refractivity contribution >= 4 is 16.5 Å². The number of nitrogens with two attached hydrogens (primary N) is 1. The molecule has 1 aliphatic rings. The zero-order chi connectivity index (χ0) is 12.4. The van der Waals surface area contributed by atoms with Crippen molar-refractivity contribution in [3.8, 4) is 0 Å². The Morgan fingerprint density at radius 2 is 2.24 bits per heavy atom. The molecule has 4 heteroatoms. The van der Waals surface area contributed by atoms with E-state index in [1.165, 1.54) is 0 Å². The van der Waals surface area contributed by atoms with Crippen molar-refractivity contribution in [1.82, 2.24) is 0 Å². The molecule has 3 unspecified atom stereocenters. The average molecular weight is 253 g/mol. The first-order valence-corrected chi connectivity index (χ1v) is 7.28. The summed E-state index contributed by atoms with van der Waals surface area (Å²) in [6, 6.07) is 5.66. The number of aryl methyl sites for hydroxylation is 1. The molecule has 3 nitrogen and oxygen atoms in total. The molecule has 0 spiro atoms. The fourth-order valence-electron chi connectivity index (χ4n) is 2.11. The average Bonchev–Trinajstić information content (AvgIpc) is 2.67. The molecular weight excluding hydrogens is 234 g/mol. The van der Waals surface area contributed by atoms with Gasteiger partial charge in [-0.15, -0.1) is 0 Å². The Balaban J connectivity index is 2.06. The van der Waals surface area contributed by atoms with Crippen molar-refractivity contribution in [2.45, 2.75) is 43.8 Å². The van der Waals surface area contributed by atoms with Crippen molar-refractivity contribution in [1.29, 1.82) is 0 Å². The van der Waals surface area contributed by atoms with Crippen LogP contribution in [0.2, 0.25) is 0 Å². The van der Waals surface area contributed by atoms with E-state index in [9.17, 15) is 4.21 Å². The van der Waals surface area contributed by atoms with E-state index in [2.05, 4.69) is 6.92 Å². The van der Waals surface area contributed by atoms with Crippen LogP contribution >= 0.6 is 0 Å². The van der Waals surface area contributed by atoms with Gasteiger partial charge in [0.05, 0.1) is 33.7 Å². The normalized spacial score (nSPS) is 26.0. The lowest BCUT2D eigenvalue weighted by molar-refractivity contribution is 0.0695. The highest BCUT2D eigenvalue weighted by Gasteiger charge is 2.24. The molecule has 1 heterocycles.